The van der Waals surface area contributed by atoms with Crippen LogP contribution in [0.3, 0.4) is 0 Å². The second-order valence-corrected chi connectivity index (χ2v) is 5.57. The standard InChI is InChI=1S/C16H15ClN2O/c1-10-12(7-4-8-18-10)16(20)19-15-13-6-3-2-5-11(13)9-14(15)17/h2-8,14-15H,9H2,1H3,(H,19,20). The first-order valence-electron chi connectivity index (χ1n) is 6.61. The van der Waals surface area contributed by atoms with Crippen LogP contribution in [-0.2, 0) is 6.42 Å². The highest BCUT2D eigenvalue weighted by atomic mass is 35.5. The molecule has 1 aromatic carbocycles. The summed E-state index contributed by atoms with van der Waals surface area (Å²) >= 11 is 6.38. The van der Waals surface area contributed by atoms with Gasteiger partial charge in [-0.25, -0.2) is 0 Å². The van der Waals surface area contributed by atoms with Gasteiger partial charge in [-0.2, -0.15) is 0 Å². The van der Waals surface area contributed by atoms with Crippen molar-refractivity contribution < 1.29 is 4.79 Å². The molecule has 20 heavy (non-hydrogen) atoms. The van der Waals surface area contributed by atoms with Crippen molar-refractivity contribution in [2.45, 2.75) is 24.8 Å². The number of amides is 1. The molecule has 1 aromatic heterocycles. The van der Waals surface area contributed by atoms with E-state index in [9.17, 15) is 4.79 Å². The second kappa shape index (κ2) is 5.25. The van der Waals surface area contributed by atoms with Gasteiger partial charge in [0.1, 0.15) is 0 Å². The zero-order valence-electron chi connectivity index (χ0n) is 11.1. The number of pyridine rings is 1. The smallest absolute Gasteiger partial charge is 0.253 e. The van der Waals surface area contributed by atoms with Crippen LogP contribution in [0.4, 0.5) is 0 Å². The Morgan fingerprint density at radius 2 is 2.10 bits per heavy atom. The van der Waals surface area contributed by atoms with Gasteiger partial charge in [-0.3, -0.25) is 9.78 Å². The molecule has 0 spiro atoms. The maximum atomic E-state index is 12.4. The monoisotopic (exact) mass is 286 g/mol. The number of nitrogens with zero attached hydrogens (tertiary/aromatic N) is 1. The van der Waals surface area contributed by atoms with E-state index in [0.29, 0.717) is 5.56 Å². The SMILES string of the molecule is Cc1ncccc1C(=O)NC1c2ccccc2CC1Cl. The highest BCUT2D eigenvalue weighted by Gasteiger charge is 2.32. The third-order valence-electron chi connectivity index (χ3n) is 3.70. The number of hydrogen-bond donors (Lipinski definition) is 1. The van der Waals surface area contributed by atoms with Crippen LogP contribution < -0.4 is 5.32 Å². The van der Waals surface area contributed by atoms with Crippen molar-refractivity contribution in [1.82, 2.24) is 10.3 Å². The summed E-state index contributed by atoms with van der Waals surface area (Å²) in [4.78, 5) is 16.5. The van der Waals surface area contributed by atoms with Crippen molar-refractivity contribution >= 4 is 17.5 Å². The van der Waals surface area contributed by atoms with Crippen LogP contribution in [0, 0.1) is 6.92 Å². The maximum absolute atomic E-state index is 12.4. The first-order chi connectivity index (χ1) is 9.66. The van der Waals surface area contributed by atoms with Gasteiger partial charge in [-0.05, 0) is 36.6 Å². The van der Waals surface area contributed by atoms with E-state index >= 15 is 0 Å². The second-order valence-electron chi connectivity index (χ2n) is 5.01. The molecule has 1 aliphatic rings. The lowest BCUT2D eigenvalue weighted by Gasteiger charge is -2.18. The fourth-order valence-corrected chi connectivity index (χ4v) is 3.02. The van der Waals surface area contributed by atoms with Gasteiger partial charge < -0.3 is 5.32 Å². The van der Waals surface area contributed by atoms with E-state index in [1.165, 1.54) is 5.56 Å². The van der Waals surface area contributed by atoms with Crippen LogP contribution in [-0.4, -0.2) is 16.3 Å². The molecule has 2 unspecified atom stereocenters. The molecule has 3 rings (SSSR count). The Balaban J connectivity index is 1.85. The van der Waals surface area contributed by atoms with Gasteiger partial charge in [0.25, 0.3) is 5.91 Å². The van der Waals surface area contributed by atoms with E-state index < -0.39 is 0 Å². The summed E-state index contributed by atoms with van der Waals surface area (Å²) < 4.78 is 0. The summed E-state index contributed by atoms with van der Waals surface area (Å²) in [5.74, 6) is -0.122. The lowest BCUT2D eigenvalue weighted by molar-refractivity contribution is 0.0936. The van der Waals surface area contributed by atoms with Gasteiger partial charge in [0.15, 0.2) is 0 Å². The molecular formula is C16H15ClN2O. The number of halogens is 1. The number of hydrogen-bond acceptors (Lipinski definition) is 2. The largest absolute Gasteiger partial charge is 0.344 e. The molecule has 2 aromatic rings. The molecule has 3 nitrogen and oxygen atoms in total. The quantitative estimate of drug-likeness (QED) is 0.862. The van der Waals surface area contributed by atoms with E-state index in [1.807, 2.05) is 25.1 Å². The minimum Gasteiger partial charge on any atom is -0.344 e. The lowest BCUT2D eigenvalue weighted by Crippen LogP contribution is -2.32. The zero-order chi connectivity index (χ0) is 14.1. The molecule has 0 saturated heterocycles. The first kappa shape index (κ1) is 13.1. The maximum Gasteiger partial charge on any atom is 0.253 e. The number of fused-ring (bicyclic) bond motifs is 1. The summed E-state index contributed by atoms with van der Waals surface area (Å²) in [6.07, 6.45) is 2.47. The van der Waals surface area contributed by atoms with Gasteiger partial charge in [0.05, 0.1) is 17.0 Å². The van der Waals surface area contributed by atoms with Crippen LogP contribution in [0.25, 0.3) is 0 Å². The van der Waals surface area contributed by atoms with Crippen molar-refractivity contribution in [3.05, 3.63) is 65.0 Å². The highest BCUT2D eigenvalue weighted by molar-refractivity contribution is 6.21. The third-order valence-corrected chi connectivity index (χ3v) is 4.11. The molecule has 0 aliphatic heterocycles. The number of carbonyl (C=O) groups is 1. The number of aryl methyl sites for hydroxylation is 1. The lowest BCUT2D eigenvalue weighted by atomic mass is 10.1. The Morgan fingerprint density at radius 3 is 2.90 bits per heavy atom. The summed E-state index contributed by atoms with van der Waals surface area (Å²) in [5.41, 5.74) is 3.64. The molecule has 1 aliphatic carbocycles. The number of alkyl halides is 1. The third kappa shape index (κ3) is 2.29. The summed E-state index contributed by atoms with van der Waals surface area (Å²) in [6.45, 7) is 1.83. The van der Waals surface area contributed by atoms with Gasteiger partial charge in [-0.15, -0.1) is 11.6 Å². The van der Waals surface area contributed by atoms with Crippen LogP contribution in [0.2, 0.25) is 0 Å². The molecule has 0 radical (unpaired) electrons. The van der Waals surface area contributed by atoms with Gasteiger partial charge in [-0.1, -0.05) is 24.3 Å². The molecule has 2 atom stereocenters. The first-order valence-corrected chi connectivity index (χ1v) is 7.05. The molecular weight excluding hydrogens is 272 g/mol. The molecule has 0 bridgehead atoms. The van der Waals surface area contributed by atoms with E-state index in [1.54, 1.807) is 18.3 Å². The molecule has 1 N–H and O–H groups in total. The predicted octanol–water partition coefficient (Wildman–Crippen LogP) is 3.02. The summed E-state index contributed by atoms with van der Waals surface area (Å²) in [7, 11) is 0. The molecule has 1 heterocycles. The topological polar surface area (TPSA) is 42.0 Å². The Hall–Kier alpha value is -1.87. The van der Waals surface area contributed by atoms with Crippen molar-refractivity contribution in [3.63, 3.8) is 0 Å². The van der Waals surface area contributed by atoms with Crippen LogP contribution in [0.5, 0.6) is 0 Å². The minimum atomic E-state index is -0.139. The van der Waals surface area contributed by atoms with E-state index in [-0.39, 0.29) is 17.3 Å². The van der Waals surface area contributed by atoms with Gasteiger partial charge >= 0.3 is 0 Å². The van der Waals surface area contributed by atoms with Crippen molar-refractivity contribution in [3.8, 4) is 0 Å². The fraction of sp³-hybridized carbons (Fsp3) is 0.250. The summed E-state index contributed by atoms with van der Waals surface area (Å²) in [5, 5.41) is 2.93. The van der Waals surface area contributed by atoms with Crippen molar-refractivity contribution in [2.24, 2.45) is 0 Å². The van der Waals surface area contributed by atoms with E-state index in [0.717, 1.165) is 17.7 Å². The van der Waals surface area contributed by atoms with Crippen molar-refractivity contribution in [1.29, 1.82) is 0 Å². The normalized spacial score (nSPS) is 20.5. The molecule has 0 fully saturated rings. The minimum absolute atomic E-state index is 0.103. The summed E-state index contributed by atoms with van der Waals surface area (Å²) in [6, 6.07) is 11.5. The average Bonchev–Trinajstić information content (AvgIpc) is 2.76. The van der Waals surface area contributed by atoms with Crippen molar-refractivity contribution in [2.75, 3.05) is 0 Å². The number of rotatable bonds is 2. The average molecular weight is 287 g/mol. The molecule has 0 saturated carbocycles. The molecule has 1 amide bonds. The number of carbonyl (C=O) groups excluding carboxylic acids is 1. The highest BCUT2D eigenvalue weighted by Crippen LogP contribution is 2.34. The Bertz CT molecular complexity index is 656. The van der Waals surface area contributed by atoms with Crippen LogP contribution in [0.1, 0.15) is 33.2 Å². The van der Waals surface area contributed by atoms with E-state index in [2.05, 4.69) is 16.4 Å². The zero-order valence-corrected chi connectivity index (χ0v) is 11.9. The fourth-order valence-electron chi connectivity index (χ4n) is 2.66. The number of nitrogens with one attached hydrogen (secondary N) is 1. The Morgan fingerprint density at radius 1 is 1.30 bits per heavy atom. The van der Waals surface area contributed by atoms with Crippen LogP contribution >= 0.6 is 11.6 Å². The Kier molecular flexibility index (Phi) is 3.45. The predicted molar refractivity (Wildman–Crippen MR) is 79.0 cm³/mol. The van der Waals surface area contributed by atoms with Gasteiger partial charge in [0, 0.05) is 11.9 Å². The van der Waals surface area contributed by atoms with Gasteiger partial charge in [0.2, 0.25) is 0 Å². The Labute approximate surface area is 123 Å². The molecule has 4 heteroatoms. The number of aromatic nitrogens is 1. The number of benzene rings is 1. The molecule has 102 valence electrons. The van der Waals surface area contributed by atoms with E-state index in [4.69, 9.17) is 11.6 Å². The van der Waals surface area contributed by atoms with Crippen LogP contribution in [0.15, 0.2) is 42.6 Å².